The molecule has 0 aliphatic rings. The van der Waals surface area contributed by atoms with Crippen LogP contribution in [0.4, 0.5) is 4.39 Å². The van der Waals surface area contributed by atoms with Crippen LogP contribution in [0.1, 0.15) is 41.8 Å². The first kappa shape index (κ1) is 27.2. The smallest absolute Gasteiger partial charge is 0.265 e. The van der Waals surface area contributed by atoms with Gasteiger partial charge in [-0.2, -0.15) is 4.98 Å². The van der Waals surface area contributed by atoms with Gasteiger partial charge in [0, 0.05) is 36.3 Å². The number of nitrogens with zero attached hydrogens (tertiary/aromatic N) is 4. The van der Waals surface area contributed by atoms with Crippen LogP contribution in [0.25, 0.3) is 27.6 Å². The molecule has 1 N–H and O–H groups in total. The molecule has 3 heterocycles. The van der Waals surface area contributed by atoms with Crippen molar-refractivity contribution in [3.8, 4) is 33.5 Å². The molecule has 9 heteroatoms. The first-order chi connectivity index (χ1) is 19.2. The molecule has 0 fully saturated rings. The zero-order valence-corrected chi connectivity index (χ0v) is 23.6. The van der Waals surface area contributed by atoms with Crippen molar-refractivity contribution in [2.24, 2.45) is 7.05 Å². The Morgan fingerprint density at radius 2 is 1.68 bits per heavy atom. The summed E-state index contributed by atoms with van der Waals surface area (Å²) in [6.45, 7) is 5.91. The number of pyridine rings is 1. The molecule has 0 atom stereocenters. The first-order valence-electron chi connectivity index (χ1n) is 13.1. The summed E-state index contributed by atoms with van der Waals surface area (Å²) in [6.07, 6.45) is 2.94. The Bertz CT molecular complexity index is 1830. The monoisotopic (exact) mass is 556 g/mol. The van der Waals surface area contributed by atoms with Crippen molar-refractivity contribution >= 4 is 11.3 Å². The van der Waals surface area contributed by atoms with Gasteiger partial charge in [0.2, 0.25) is 5.88 Å². The highest BCUT2D eigenvalue weighted by Gasteiger charge is 2.24. The minimum atomic E-state index is -0.590. The van der Waals surface area contributed by atoms with Gasteiger partial charge in [-0.1, -0.05) is 44.2 Å². The lowest BCUT2D eigenvalue weighted by Gasteiger charge is -2.19. The fourth-order valence-electron chi connectivity index (χ4n) is 4.90. The molecule has 0 spiro atoms. The minimum absolute atomic E-state index is 0.0470. The number of benzene rings is 2. The van der Waals surface area contributed by atoms with Gasteiger partial charge < -0.3 is 9.67 Å². The largest absolute Gasteiger partial charge is 0.493 e. The second-order valence-corrected chi connectivity index (χ2v) is 10.5. The van der Waals surface area contributed by atoms with E-state index in [2.05, 4.69) is 9.97 Å². The van der Waals surface area contributed by atoms with E-state index in [-0.39, 0.29) is 34.5 Å². The summed E-state index contributed by atoms with van der Waals surface area (Å²) in [7, 11) is 1.61. The van der Waals surface area contributed by atoms with E-state index in [1.165, 1.54) is 28.0 Å². The molecular weight excluding hydrogens is 527 g/mol. The molecule has 5 rings (SSSR count). The SMILES string of the molecule is CCc1cccc(CC)c1-n1c(-c2nc(C)cs2)nc(O)c(Cc2ccc(-c3cccn(C)c3=O)c(F)c2)c1=O. The average molecular weight is 557 g/mol. The Kier molecular flexibility index (Phi) is 7.49. The van der Waals surface area contributed by atoms with Crippen molar-refractivity contribution in [2.45, 2.75) is 40.0 Å². The normalized spacial score (nSPS) is 11.2. The van der Waals surface area contributed by atoms with Crippen molar-refractivity contribution in [1.29, 1.82) is 0 Å². The molecule has 5 aromatic rings. The maximum absolute atomic E-state index is 15.3. The van der Waals surface area contributed by atoms with E-state index in [0.29, 0.717) is 23.4 Å². The number of aryl methyl sites for hydroxylation is 4. The highest BCUT2D eigenvalue weighted by Crippen LogP contribution is 2.31. The number of aromatic nitrogens is 4. The van der Waals surface area contributed by atoms with Crippen LogP contribution in [-0.2, 0) is 26.3 Å². The summed E-state index contributed by atoms with van der Waals surface area (Å²) in [5, 5.41) is 13.4. The van der Waals surface area contributed by atoms with Gasteiger partial charge in [-0.3, -0.25) is 14.2 Å². The van der Waals surface area contributed by atoms with Crippen molar-refractivity contribution in [3.05, 3.63) is 115 Å². The standard InChI is InChI=1S/C31H29FN4O3S/c1-5-20-9-7-10-21(6-2)26(20)36-27(29-33-18(3)17-40-29)34-28(37)24(31(36)39)15-19-12-13-22(25(32)16-19)23-11-8-14-35(4)30(23)38/h7-14,16-17,37H,5-6,15H2,1-4H3. The Hall–Kier alpha value is -4.37. The third-order valence-corrected chi connectivity index (χ3v) is 7.94. The zero-order chi connectivity index (χ0) is 28.6. The van der Waals surface area contributed by atoms with Crippen molar-refractivity contribution in [2.75, 3.05) is 0 Å². The van der Waals surface area contributed by atoms with Crippen molar-refractivity contribution in [3.63, 3.8) is 0 Å². The number of hydrogen-bond acceptors (Lipinski definition) is 6. The minimum Gasteiger partial charge on any atom is -0.493 e. The number of rotatable bonds is 7. The van der Waals surface area contributed by atoms with E-state index in [1.807, 2.05) is 44.4 Å². The van der Waals surface area contributed by atoms with Crippen LogP contribution >= 0.6 is 11.3 Å². The zero-order valence-electron chi connectivity index (χ0n) is 22.7. The van der Waals surface area contributed by atoms with Crippen LogP contribution in [0.5, 0.6) is 5.88 Å². The van der Waals surface area contributed by atoms with Gasteiger partial charge in [0.15, 0.2) is 10.8 Å². The van der Waals surface area contributed by atoms with Crippen LogP contribution in [0.15, 0.2) is 69.7 Å². The van der Waals surface area contributed by atoms with Crippen LogP contribution in [0.2, 0.25) is 0 Å². The lowest BCUT2D eigenvalue weighted by molar-refractivity contribution is 0.443. The quantitative estimate of drug-likeness (QED) is 0.282. The summed E-state index contributed by atoms with van der Waals surface area (Å²) in [5.74, 6) is -0.744. The molecule has 0 aliphatic heterocycles. The number of para-hydroxylation sites is 1. The highest BCUT2D eigenvalue weighted by molar-refractivity contribution is 7.13. The number of thiazole rings is 1. The van der Waals surface area contributed by atoms with Gasteiger partial charge in [-0.15, -0.1) is 11.3 Å². The van der Waals surface area contributed by atoms with E-state index in [1.54, 1.807) is 36.0 Å². The summed E-state index contributed by atoms with van der Waals surface area (Å²) >= 11 is 1.35. The van der Waals surface area contributed by atoms with Crippen LogP contribution in [-0.4, -0.2) is 24.2 Å². The summed E-state index contributed by atoms with van der Waals surface area (Å²) in [6, 6.07) is 13.7. The van der Waals surface area contributed by atoms with E-state index < -0.39 is 17.3 Å². The number of aromatic hydroxyl groups is 1. The van der Waals surface area contributed by atoms with E-state index in [0.717, 1.165) is 22.5 Å². The lowest BCUT2D eigenvalue weighted by atomic mass is 10.00. The van der Waals surface area contributed by atoms with Crippen LogP contribution in [0, 0.1) is 12.7 Å². The van der Waals surface area contributed by atoms with Gasteiger partial charge in [0.05, 0.1) is 16.8 Å². The molecule has 2 aromatic carbocycles. The highest BCUT2D eigenvalue weighted by atomic mass is 32.1. The predicted octanol–water partition coefficient (Wildman–Crippen LogP) is 5.59. The fraction of sp³-hybridized carbons (Fsp3) is 0.226. The molecule has 7 nitrogen and oxygen atoms in total. The molecule has 0 saturated carbocycles. The molecule has 0 saturated heterocycles. The summed E-state index contributed by atoms with van der Waals surface area (Å²) in [4.78, 5) is 35.7. The van der Waals surface area contributed by atoms with Gasteiger partial charge in [0.1, 0.15) is 5.82 Å². The van der Waals surface area contributed by atoms with E-state index >= 15 is 4.39 Å². The van der Waals surface area contributed by atoms with Crippen LogP contribution < -0.4 is 11.1 Å². The Morgan fingerprint density at radius 1 is 0.950 bits per heavy atom. The second kappa shape index (κ2) is 11.0. The topological polar surface area (TPSA) is 90.0 Å². The van der Waals surface area contributed by atoms with Crippen molar-refractivity contribution in [1.82, 2.24) is 19.1 Å². The second-order valence-electron chi connectivity index (χ2n) is 9.63. The summed E-state index contributed by atoms with van der Waals surface area (Å²) in [5.41, 5.74) is 3.63. The van der Waals surface area contributed by atoms with Crippen molar-refractivity contribution < 1.29 is 9.50 Å². The number of hydrogen-bond donors (Lipinski definition) is 1. The predicted molar refractivity (Wildman–Crippen MR) is 156 cm³/mol. The molecule has 204 valence electrons. The van der Waals surface area contributed by atoms with Gasteiger partial charge in [-0.05, 0) is 54.7 Å². The van der Waals surface area contributed by atoms with E-state index in [9.17, 15) is 14.7 Å². The molecule has 3 aromatic heterocycles. The molecule has 0 amide bonds. The lowest BCUT2D eigenvalue weighted by Crippen LogP contribution is -2.27. The molecule has 0 bridgehead atoms. The van der Waals surface area contributed by atoms with Gasteiger partial charge in [0.25, 0.3) is 11.1 Å². The first-order valence-corrected chi connectivity index (χ1v) is 13.9. The molecule has 0 radical (unpaired) electrons. The fourth-order valence-corrected chi connectivity index (χ4v) is 5.68. The Balaban J connectivity index is 1.68. The number of halogens is 1. The third-order valence-electron chi connectivity index (χ3n) is 6.98. The van der Waals surface area contributed by atoms with Gasteiger partial charge in [-0.25, -0.2) is 9.37 Å². The molecule has 40 heavy (non-hydrogen) atoms. The maximum atomic E-state index is 15.3. The Morgan fingerprint density at radius 3 is 2.30 bits per heavy atom. The van der Waals surface area contributed by atoms with E-state index in [4.69, 9.17) is 0 Å². The van der Waals surface area contributed by atoms with Crippen LogP contribution in [0.3, 0.4) is 0 Å². The molecule has 0 aliphatic carbocycles. The van der Waals surface area contributed by atoms with Gasteiger partial charge >= 0.3 is 0 Å². The Labute approximate surface area is 234 Å². The molecular formula is C31H29FN4O3S. The molecule has 0 unspecified atom stereocenters. The average Bonchev–Trinajstić information content (AvgIpc) is 3.38. The summed E-state index contributed by atoms with van der Waals surface area (Å²) < 4.78 is 18.2. The maximum Gasteiger partial charge on any atom is 0.265 e. The third kappa shape index (κ3) is 4.88.